The Morgan fingerprint density at radius 1 is 1.44 bits per heavy atom. The summed E-state index contributed by atoms with van der Waals surface area (Å²) < 4.78 is 1.16. The SMILES string of the molecule is CCN1CC(C)(C)NCc2cc(Br)ccc21. The largest absolute Gasteiger partial charge is 0.370 e. The summed E-state index contributed by atoms with van der Waals surface area (Å²) >= 11 is 3.54. The number of hydrogen-bond donors (Lipinski definition) is 1. The van der Waals surface area contributed by atoms with Gasteiger partial charge in [0.2, 0.25) is 0 Å². The van der Waals surface area contributed by atoms with Crippen LogP contribution in [0.4, 0.5) is 5.69 Å². The lowest BCUT2D eigenvalue weighted by molar-refractivity contribution is 0.397. The molecule has 0 aromatic heterocycles. The minimum Gasteiger partial charge on any atom is -0.370 e. The van der Waals surface area contributed by atoms with Crippen molar-refractivity contribution in [1.82, 2.24) is 5.32 Å². The molecule has 0 spiro atoms. The van der Waals surface area contributed by atoms with Crippen LogP contribution in [-0.4, -0.2) is 18.6 Å². The average molecular weight is 283 g/mol. The van der Waals surface area contributed by atoms with Gasteiger partial charge in [-0.05, 0) is 44.5 Å². The van der Waals surface area contributed by atoms with E-state index in [1.807, 2.05) is 0 Å². The summed E-state index contributed by atoms with van der Waals surface area (Å²) in [5, 5.41) is 3.61. The van der Waals surface area contributed by atoms with Crippen molar-refractivity contribution in [2.45, 2.75) is 32.9 Å². The van der Waals surface area contributed by atoms with E-state index in [-0.39, 0.29) is 5.54 Å². The van der Waals surface area contributed by atoms with Gasteiger partial charge < -0.3 is 10.2 Å². The van der Waals surface area contributed by atoms with Crippen LogP contribution in [0.3, 0.4) is 0 Å². The van der Waals surface area contributed by atoms with Gasteiger partial charge in [0.1, 0.15) is 0 Å². The Hall–Kier alpha value is -0.540. The lowest BCUT2D eigenvalue weighted by Gasteiger charge is -2.31. The van der Waals surface area contributed by atoms with Gasteiger partial charge in [-0.15, -0.1) is 0 Å². The Kier molecular flexibility index (Phi) is 3.27. The van der Waals surface area contributed by atoms with Gasteiger partial charge in [-0.2, -0.15) is 0 Å². The number of benzene rings is 1. The van der Waals surface area contributed by atoms with Crippen LogP contribution in [0.1, 0.15) is 26.3 Å². The second-order valence-corrected chi connectivity index (χ2v) is 5.94. The van der Waals surface area contributed by atoms with Crippen molar-refractivity contribution in [1.29, 1.82) is 0 Å². The minimum absolute atomic E-state index is 0.168. The molecule has 88 valence electrons. The maximum absolute atomic E-state index is 3.61. The van der Waals surface area contributed by atoms with Gasteiger partial charge >= 0.3 is 0 Å². The van der Waals surface area contributed by atoms with E-state index >= 15 is 0 Å². The molecule has 0 atom stereocenters. The Bertz CT molecular complexity index is 388. The monoisotopic (exact) mass is 282 g/mol. The van der Waals surface area contributed by atoms with Crippen molar-refractivity contribution in [3.63, 3.8) is 0 Å². The topological polar surface area (TPSA) is 15.3 Å². The molecule has 2 nitrogen and oxygen atoms in total. The van der Waals surface area contributed by atoms with Crippen LogP contribution < -0.4 is 10.2 Å². The Morgan fingerprint density at radius 3 is 2.88 bits per heavy atom. The third kappa shape index (κ3) is 2.41. The predicted molar refractivity (Wildman–Crippen MR) is 72.9 cm³/mol. The molecule has 1 aromatic rings. The fourth-order valence-electron chi connectivity index (χ4n) is 2.24. The number of likely N-dealkylation sites (N-methyl/N-ethyl adjacent to an activating group) is 1. The molecule has 3 heteroatoms. The van der Waals surface area contributed by atoms with E-state index in [9.17, 15) is 0 Å². The molecule has 0 aliphatic carbocycles. The molecule has 0 saturated carbocycles. The third-order valence-corrected chi connectivity index (χ3v) is 3.60. The summed E-state index contributed by atoms with van der Waals surface area (Å²) in [6.45, 7) is 9.79. The zero-order chi connectivity index (χ0) is 11.8. The van der Waals surface area contributed by atoms with Crippen molar-refractivity contribution in [3.8, 4) is 0 Å². The Labute approximate surface area is 106 Å². The van der Waals surface area contributed by atoms with Crippen LogP contribution in [0.2, 0.25) is 0 Å². The number of anilines is 1. The molecule has 0 unspecified atom stereocenters. The van der Waals surface area contributed by atoms with Gasteiger partial charge in [0.05, 0.1) is 0 Å². The molecule has 0 amide bonds. The van der Waals surface area contributed by atoms with Crippen LogP contribution in [0, 0.1) is 0 Å². The highest BCUT2D eigenvalue weighted by Crippen LogP contribution is 2.28. The molecule has 1 aromatic carbocycles. The third-order valence-electron chi connectivity index (χ3n) is 3.11. The van der Waals surface area contributed by atoms with E-state index in [4.69, 9.17) is 0 Å². The molecule has 1 aliphatic rings. The van der Waals surface area contributed by atoms with Crippen molar-refractivity contribution in [3.05, 3.63) is 28.2 Å². The van der Waals surface area contributed by atoms with Gasteiger partial charge in [0.15, 0.2) is 0 Å². The molecule has 1 N–H and O–H groups in total. The highest BCUT2D eigenvalue weighted by molar-refractivity contribution is 9.10. The van der Waals surface area contributed by atoms with Gasteiger partial charge in [0, 0.05) is 35.3 Å². The smallest absolute Gasteiger partial charge is 0.0413 e. The number of fused-ring (bicyclic) bond motifs is 1. The predicted octanol–water partition coefficient (Wildman–Crippen LogP) is 3.16. The highest BCUT2D eigenvalue weighted by Gasteiger charge is 2.25. The standard InChI is InChI=1S/C13H19BrN2/c1-4-16-9-13(2,3)15-8-10-7-11(14)5-6-12(10)16/h5-7,15H,4,8-9H2,1-3H3. The molecular formula is C13H19BrN2. The zero-order valence-electron chi connectivity index (χ0n) is 10.2. The first-order chi connectivity index (χ1) is 7.52. The average Bonchev–Trinajstić information content (AvgIpc) is 2.35. The van der Waals surface area contributed by atoms with Gasteiger partial charge in [-0.3, -0.25) is 0 Å². The van der Waals surface area contributed by atoms with E-state index in [2.05, 4.69) is 65.1 Å². The van der Waals surface area contributed by atoms with Crippen molar-refractivity contribution in [2.75, 3.05) is 18.0 Å². The second kappa shape index (κ2) is 4.38. The van der Waals surface area contributed by atoms with Crippen LogP contribution >= 0.6 is 15.9 Å². The molecule has 2 rings (SSSR count). The molecule has 0 radical (unpaired) electrons. The van der Waals surface area contributed by atoms with Crippen LogP contribution in [-0.2, 0) is 6.54 Å². The molecule has 0 bridgehead atoms. The normalized spacial score (nSPS) is 19.1. The summed E-state index contributed by atoms with van der Waals surface area (Å²) in [4.78, 5) is 2.45. The van der Waals surface area contributed by atoms with Crippen LogP contribution in [0.25, 0.3) is 0 Å². The zero-order valence-corrected chi connectivity index (χ0v) is 11.8. The molecule has 1 aliphatic heterocycles. The maximum Gasteiger partial charge on any atom is 0.0413 e. The summed E-state index contributed by atoms with van der Waals surface area (Å²) in [5.74, 6) is 0. The lowest BCUT2D eigenvalue weighted by Crippen LogP contribution is -2.46. The molecule has 0 saturated heterocycles. The fraction of sp³-hybridized carbons (Fsp3) is 0.538. The van der Waals surface area contributed by atoms with Crippen molar-refractivity contribution in [2.24, 2.45) is 0 Å². The van der Waals surface area contributed by atoms with Crippen molar-refractivity contribution >= 4 is 21.6 Å². The van der Waals surface area contributed by atoms with Crippen LogP contribution in [0.5, 0.6) is 0 Å². The molecular weight excluding hydrogens is 264 g/mol. The van der Waals surface area contributed by atoms with Crippen molar-refractivity contribution < 1.29 is 0 Å². The fourth-order valence-corrected chi connectivity index (χ4v) is 2.65. The summed E-state index contributed by atoms with van der Waals surface area (Å²) in [7, 11) is 0. The number of hydrogen-bond acceptors (Lipinski definition) is 2. The quantitative estimate of drug-likeness (QED) is 0.851. The van der Waals surface area contributed by atoms with Gasteiger partial charge in [-0.25, -0.2) is 0 Å². The van der Waals surface area contributed by atoms with E-state index in [0.717, 1.165) is 24.1 Å². The second-order valence-electron chi connectivity index (χ2n) is 5.02. The Morgan fingerprint density at radius 2 is 2.19 bits per heavy atom. The van der Waals surface area contributed by atoms with Gasteiger partial charge in [-0.1, -0.05) is 15.9 Å². The molecule has 0 fully saturated rings. The molecule has 1 heterocycles. The van der Waals surface area contributed by atoms with Crippen LogP contribution in [0.15, 0.2) is 22.7 Å². The summed E-state index contributed by atoms with van der Waals surface area (Å²) in [6, 6.07) is 6.55. The first-order valence-electron chi connectivity index (χ1n) is 5.80. The van der Waals surface area contributed by atoms with E-state index in [1.54, 1.807) is 0 Å². The first kappa shape index (κ1) is 11.9. The minimum atomic E-state index is 0.168. The Balaban J connectivity index is 2.40. The maximum atomic E-state index is 3.61. The number of halogens is 1. The van der Waals surface area contributed by atoms with E-state index < -0.39 is 0 Å². The van der Waals surface area contributed by atoms with E-state index in [1.165, 1.54) is 11.3 Å². The van der Waals surface area contributed by atoms with Gasteiger partial charge in [0.25, 0.3) is 0 Å². The summed E-state index contributed by atoms with van der Waals surface area (Å²) in [5.41, 5.74) is 2.91. The number of rotatable bonds is 1. The molecule has 16 heavy (non-hydrogen) atoms. The summed E-state index contributed by atoms with van der Waals surface area (Å²) in [6.07, 6.45) is 0. The highest BCUT2D eigenvalue weighted by atomic mass is 79.9. The lowest BCUT2D eigenvalue weighted by atomic mass is 10.1. The number of nitrogens with one attached hydrogen (secondary N) is 1. The van der Waals surface area contributed by atoms with E-state index in [0.29, 0.717) is 0 Å². The first-order valence-corrected chi connectivity index (χ1v) is 6.59. The number of nitrogens with zero attached hydrogens (tertiary/aromatic N) is 1.